The van der Waals surface area contributed by atoms with Crippen LogP contribution >= 0.6 is 0 Å². The smallest absolute Gasteiger partial charge is 0.000809 e. The second-order valence-electron chi connectivity index (χ2n) is 3.74. The average molecular weight is 127 g/mol. The summed E-state index contributed by atoms with van der Waals surface area (Å²) in [7, 11) is 0. The van der Waals surface area contributed by atoms with Gasteiger partial charge in [-0.2, -0.15) is 0 Å². The fourth-order valence-corrected chi connectivity index (χ4v) is 1.33. The van der Waals surface area contributed by atoms with Crippen molar-refractivity contribution in [2.45, 2.75) is 27.2 Å². The zero-order valence-corrected chi connectivity index (χ0v) is 6.70. The van der Waals surface area contributed by atoms with E-state index in [1.54, 1.807) is 0 Å². The lowest BCUT2D eigenvalue weighted by molar-refractivity contribution is 0.249. The van der Waals surface area contributed by atoms with Gasteiger partial charge in [0.1, 0.15) is 0 Å². The molecular formula is C8H17N. The topological polar surface area (TPSA) is 12.0 Å². The SMILES string of the molecule is CC(C)[C@@]1(C)CCNC1. The van der Waals surface area contributed by atoms with Crippen LogP contribution in [0.4, 0.5) is 0 Å². The lowest BCUT2D eigenvalue weighted by Crippen LogP contribution is -2.25. The Hall–Kier alpha value is -0.0400. The fraction of sp³-hybridized carbons (Fsp3) is 1.00. The summed E-state index contributed by atoms with van der Waals surface area (Å²) in [6.07, 6.45) is 1.35. The third kappa shape index (κ3) is 1.26. The Morgan fingerprint density at radius 3 is 2.33 bits per heavy atom. The van der Waals surface area contributed by atoms with Crippen LogP contribution in [0.25, 0.3) is 0 Å². The van der Waals surface area contributed by atoms with Gasteiger partial charge in [0.15, 0.2) is 0 Å². The van der Waals surface area contributed by atoms with E-state index in [2.05, 4.69) is 26.1 Å². The van der Waals surface area contributed by atoms with E-state index in [9.17, 15) is 0 Å². The van der Waals surface area contributed by atoms with Crippen LogP contribution in [0, 0.1) is 11.3 Å². The molecule has 54 valence electrons. The van der Waals surface area contributed by atoms with Crippen molar-refractivity contribution in [3.8, 4) is 0 Å². The van der Waals surface area contributed by atoms with Gasteiger partial charge in [-0.3, -0.25) is 0 Å². The van der Waals surface area contributed by atoms with Gasteiger partial charge in [0, 0.05) is 6.54 Å². The van der Waals surface area contributed by atoms with Crippen molar-refractivity contribution in [2.75, 3.05) is 13.1 Å². The molecule has 1 saturated heterocycles. The minimum Gasteiger partial charge on any atom is -0.316 e. The minimum atomic E-state index is 0.583. The molecule has 0 aromatic carbocycles. The molecule has 0 bridgehead atoms. The first kappa shape index (κ1) is 7.07. The Morgan fingerprint density at radius 2 is 2.11 bits per heavy atom. The van der Waals surface area contributed by atoms with E-state index < -0.39 is 0 Å². The van der Waals surface area contributed by atoms with Crippen LogP contribution in [0.3, 0.4) is 0 Å². The number of hydrogen-bond acceptors (Lipinski definition) is 1. The third-order valence-corrected chi connectivity index (χ3v) is 2.80. The maximum atomic E-state index is 3.39. The molecule has 0 aromatic rings. The van der Waals surface area contributed by atoms with Crippen LogP contribution in [-0.4, -0.2) is 13.1 Å². The lowest BCUT2D eigenvalue weighted by atomic mass is 9.79. The van der Waals surface area contributed by atoms with Gasteiger partial charge in [-0.1, -0.05) is 20.8 Å². The summed E-state index contributed by atoms with van der Waals surface area (Å²) in [5.41, 5.74) is 0.583. The van der Waals surface area contributed by atoms with Crippen molar-refractivity contribution < 1.29 is 0 Å². The summed E-state index contributed by atoms with van der Waals surface area (Å²) in [6.45, 7) is 9.43. The molecule has 1 rings (SSSR count). The zero-order valence-electron chi connectivity index (χ0n) is 6.70. The highest BCUT2D eigenvalue weighted by Gasteiger charge is 2.31. The number of nitrogens with one attached hydrogen (secondary N) is 1. The molecule has 0 aliphatic carbocycles. The van der Waals surface area contributed by atoms with Crippen LogP contribution in [-0.2, 0) is 0 Å². The highest BCUT2D eigenvalue weighted by atomic mass is 14.9. The Bertz CT molecular complexity index is 90.7. The van der Waals surface area contributed by atoms with Gasteiger partial charge in [0.05, 0.1) is 0 Å². The van der Waals surface area contributed by atoms with Gasteiger partial charge in [-0.25, -0.2) is 0 Å². The first-order valence-corrected chi connectivity index (χ1v) is 3.86. The van der Waals surface area contributed by atoms with Crippen molar-refractivity contribution in [3.05, 3.63) is 0 Å². The van der Waals surface area contributed by atoms with Gasteiger partial charge in [-0.15, -0.1) is 0 Å². The van der Waals surface area contributed by atoms with Crippen molar-refractivity contribution in [2.24, 2.45) is 11.3 Å². The van der Waals surface area contributed by atoms with Crippen LogP contribution in [0.15, 0.2) is 0 Å². The van der Waals surface area contributed by atoms with E-state index in [0.717, 1.165) is 5.92 Å². The molecule has 0 saturated carbocycles. The van der Waals surface area contributed by atoms with E-state index in [4.69, 9.17) is 0 Å². The van der Waals surface area contributed by atoms with Crippen LogP contribution in [0.1, 0.15) is 27.2 Å². The van der Waals surface area contributed by atoms with E-state index >= 15 is 0 Å². The standard InChI is InChI=1S/C8H17N/c1-7(2)8(3)4-5-9-6-8/h7,9H,4-6H2,1-3H3/t8-/m0/s1. The molecule has 1 aliphatic heterocycles. The largest absolute Gasteiger partial charge is 0.316 e. The van der Waals surface area contributed by atoms with E-state index in [1.807, 2.05) is 0 Å². The molecule has 1 aliphatic rings. The van der Waals surface area contributed by atoms with Crippen molar-refractivity contribution in [1.29, 1.82) is 0 Å². The summed E-state index contributed by atoms with van der Waals surface area (Å²) < 4.78 is 0. The molecule has 0 aromatic heterocycles. The Balaban J connectivity index is 2.51. The number of rotatable bonds is 1. The molecule has 1 atom stereocenters. The van der Waals surface area contributed by atoms with Gasteiger partial charge in [-0.05, 0) is 24.3 Å². The first-order valence-electron chi connectivity index (χ1n) is 3.86. The normalized spacial score (nSPS) is 36.0. The minimum absolute atomic E-state index is 0.583. The maximum absolute atomic E-state index is 3.39. The van der Waals surface area contributed by atoms with Crippen molar-refractivity contribution in [1.82, 2.24) is 5.32 Å². The van der Waals surface area contributed by atoms with Crippen LogP contribution in [0.5, 0.6) is 0 Å². The summed E-state index contributed by atoms with van der Waals surface area (Å²) in [4.78, 5) is 0. The summed E-state index contributed by atoms with van der Waals surface area (Å²) in [6, 6.07) is 0. The van der Waals surface area contributed by atoms with Crippen LogP contribution < -0.4 is 5.32 Å². The predicted octanol–water partition coefficient (Wildman–Crippen LogP) is 1.64. The molecule has 1 heterocycles. The van der Waals surface area contributed by atoms with Gasteiger partial charge < -0.3 is 5.32 Å². The molecule has 0 spiro atoms. The third-order valence-electron chi connectivity index (χ3n) is 2.80. The fourth-order valence-electron chi connectivity index (χ4n) is 1.33. The Labute approximate surface area is 57.8 Å². The maximum Gasteiger partial charge on any atom is 0.000809 e. The quantitative estimate of drug-likeness (QED) is 0.564. The molecule has 0 amide bonds. The Morgan fingerprint density at radius 1 is 1.44 bits per heavy atom. The molecule has 1 nitrogen and oxygen atoms in total. The molecule has 0 unspecified atom stereocenters. The van der Waals surface area contributed by atoms with Crippen molar-refractivity contribution >= 4 is 0 Å². The lowest BCUT2D eigenvalue weighted by Gasteiger charge is -2.27. The highest BCUT2D eigenvalue weighted by Crippen LogP contribution is 2.32. The zero-order chi connectivity index (χ0) is 6.91. The predicted molar refractivity (Wildman–Crippen MR) is 40.4 cm³/mol. The monoisotopic (exact) mass is 127 g/mol. The van der Waals surface area contributed by atoms with Crippen LogP contribution in [0.2, 0.25) is 0 Å². The van der Waals surface area contributed by atoms with E-state index in [-0.39, 0.29) is 0 Å². The first-order chi connectivity index (χ1) is 4.15. The second kappa shape index (κ2) is 2.30. The Kier molecular flexibility index (Phi) is 1.80. The summed E-state index contributed by atoms with van der Waals surface area (Å²) >= 11 is 0. The average Bonchev–Trinajstić information content (AvgIpc) is 2.16. The number of hydrogen-bond donors (Lipinski definition) is 1. The molecule has 1 N–H and O–H groups in total. The molecule has 0 radical (unpaired) electrons. The summed E-state index contributed by atoms with van der Waals surface area (Å²) in [5.74, 6) is 0.826. The van der Waals surface area contributed by atoms with Gasteiger partial charge in [0.2, 0.25) is 0 Å². The van der Waals surface area contributed by atoms with Crippen molar-refractivity contribution in [3.63, 3.8) is 0 Å². The van der Waals surface area contributed by atoms with Gasteiger partial charge >= 0.3 is 0 Å². The molecule has 1 fully saturated rings. The van der Waals surface area contributed by atoms with E-state index in [1.165, 1.54) is 19.5 Å². The van der Waals surface area contributed by atoms with E-state index in [0.29, 0.717) is 5.41 Å². The van der Waals surface area contributed by atoms with Gasteiger partial charge in [0.25, 0.3) is 0 Å². The molecular weight excluding hydrogens is 110 g/mol. The summed E-state index contributed by atoms with van der Waals surface area (Å²) in [5, 5.41) is 3.39. The highest BCUT2D eigenvalue weighted by molar-refractivity contribution is 4.85. The second-order valence-corrected chi connectivity index (χ2v) is 3.74. The molecule has 1 heteroatoms. The molecule has 9 heavy (non-hydrogen) atoms.